The Hall–Kier alpha value is -2.10. The molecule has 23 heavy (non-hydrogen) atoms. The van der Waals surface area contributed by atoms with Crippen LogP contribution in [-0.4, -0.2) is 67.0 Å². The summed E-state index contributed by atoms with van der Waals surface area (Å²) in [6.07, 6.45) is 3.51. The average Bonchev–Trinajstić information content (AvgIpc) is 3.01. The predicted octanol–water partition coefficient (Wildman–Crippen LogP) is -0.596. The molecule has 1 aromatic heterocycles. The molecule has 1 aliphatic carbocycles. The Balaban J connectivity index is 1.58. The Bertz CT molecular complexity index is 630. The fourth-order valence-corrected chi connectivity index (χ4v) is 3.47. The van der Waals surface area contributed by atoms with Crippen molar-refractivity contribution in [3.05, 3.63) is 11.9 Å². The number of carboxylic acids is 1. The highest BCUT2D eigenvalue weighted by atomic mass is 32.2. The fourth-order valence-electron chi connectivity index (χ4n) is 2.29. The van der Waals surface area contributed by atoms with Crippen molar-refractivity contribution in [2.45, 2.75) is 25.4 Å². The molecule has 2 N–H and O–H groups in total. The lowest BCUT2D eigenvalue weighted by atomic mass is 10.2. The second-order valence-corrected chi connectivity index (χ2v) is 6.67. The van der Waals surface area contributed by atoms with Crippen molar-refractivity contribution in [1.82, 2.24) is 25.2 Å². The molecule has 0 bridgehead atoms. The SMILES string of the molecule is O=C(O)c1cn(CC(=O)N2CSCC2C(=O)NCC2CC2)nn1. The molecule has 1 saturated carbocycles. The van der Waals surface area contributed by atoms with Crippen LogP contribution < -0.4 is 5.32 Å². The number of carbonyl (C=O) groups excluding carboxylic acids is 2. The maximum absolute atomic E-state index is 12.4. The molecule has 1 saturated heterocycles. The van der Waals surface area contributed by atoms with Gasteiger partial charge < -0.3 is 15.3 Å². The first-order chi connectivity index (χ1) is 11.0. The molecule has 3 rings (SSSR count). The molecule has 0 aromatic carbocycles. The van der Waals surface area contributed by atoms with Crippen molar-refractivity contribution in [2.75, 3.05) is 18.2 Å². The van der Waals surface area contributed by atoms with Crippen LogP contribution in [0.3, 0.4) is 0 Å². The third-order valence-electron chi connectivity index (χ3n) is 3.82. The molecular weight excluding hydrogens is 322 g/mol. The lowest BCUT2D eigenvalue weighted by molar-refractivity contribution is -0.138. The highest BCUT2D eigenvalue weighted by Gasteiger charge is 2.35. The molecule has 10 heteroatoms. The molecule has 1 aliphatic heterocycles. The van der Waals surface area contributed by atoms with Crippen LogP contribution in [0.15, 0.2) is 6.20 Å². The van der Waals surface area contributed by atoms with Crippen molar-refractivity contribution < 1.29 is 19.5 Å². The first-order valence-electron chi connectivity index (χ1n) is 7.33. The summed E-state index contributed by atoms with van der Waals surface area (Å²) in [6.45, 7) is 0.542. The summed E-state index contributed by atoms with van der Waals surface area (Å²) in [4.78, 5) is 36.8. The molecule has 0 radical (unpaired) electrons. The zero-order valence-electron chi connectivity index (χ0n) is 12.3. The Morgan fingerprint density at radius 2 is 2.17 bits per heavy atom. The van der Waals surface area contributed by atoms with Gasteiger partial charge in [0.25, 0.3) is 0 Å². The summed E-state index contributed by atoms with van der Waals surface area (Å²) in [5.74, 6) is 0.00356. The van der Waals surface area contributed by atoms with Gasteiger partial charge in [-0.3, -0.25) is 9.59 Å². The molecule has 2 heterocycles. The third kappa shape index (κ3) is 3.81. The van der Waals surface area contributed by atoms with Crippen LogP contribution in [-0.2, 0) is 16.1 Å². The summed E-state index contributed by atoms with van der Waals surface area (Å²) in [5.41, 5.74) is -0.215. The Kier molecular flexibility index (Phi) is 4.51. The second-order valence-electron chi connectivity index (χ2n) is 5.67. The molecule has 1 aromatic rings. The van der Waals surface area contributed by atoms with Crippen LogP contribution in [0.2, 0.25) is 0 Å². The van der Waals surface area contributed by atoms with Crippen LogP contribution >= 0.6 is 11.8 Å². The number of nitrogens with zero attached hydrogens (tertiary/aromatic N) is 4. The van der Waals surface area contributed by atoms with Crippen molar-refractivity contribution in [1.29, 1.82) is 0 Å². The van der Waals surface area contributed by atoms with E-state index in [1.165, 1.54) is 27.5 Å². The van der Waals surface area contributed by atoms with Gasteiger partial charge in [-0.1, -0.05) is 5.21 Å². The van der Waals surface area contributed by atoms with Crippen molar-refractivity contribution in [3.8, 4) is 0 Å². The number of thioether (sulfide) groups is 1. The predicted molar refractivity (Wildman–Crippen MR) is 80.7 cm³/mol. The fraction of sp³-hybridized carbons (Fsp3) is 0.615. The molecule has 9 nitrogen and oxygen atoms in total. The first-order valence-corrected chi connectivity index (χ1v) is 8.48. The number of aromatic carboxylic acids is 1. The maximum Gasteiger partial charge on any atom is 0.358 e. The highest BCUT2D eigenvalue weighted by molar-refractivity contribution is 7.99. The molecule has 2 amide bonds. The molecular formula is C13H17N5O4S. The van der Waals surface area contributed by atoms with E-state index in [4.69, 9.17) is 5.11 Å². The van der Waals surface area contributed by atoms with Gasteiger partial charge >= 0.3 is 5.97 Å². The lowest BCUT2D eigenvalue weighted by Gasteiger charge is -2.23. The van der Waals surface area contributed by atoms with Crippen molar-refractivity contribution >= 4 is 29.5 Å². The van der Waals surface area contributed by atoms with E-state index in [-0.39, 0.29) is 24.1 Å². The topological polar surface area (TPSA) is 117 Å². The molecule has 2 aliphatic rings. The van der Waals surface area contributed by atoms with E-state index in [0.717, 1.165) is 12.8 Å². The molecule has 0 spiro atoms. The number of nitrogens with one attached hydrogen (secondary N) is 1. The number of carboxylic acid groups (broad SMARTS) is 1. The van der Waals surface area contributed by atoms with Gasteiger partial charge in [-0.05, 0) is 18.8 Å². The first kappa shape index (κ1) is 15.8. The molecule has 2 fully saturated rings. The minimum atomic E-state index is -1.20. The van der Waals surface area contributed by atoms with Crippen LogP contribution in [0.5, 0.6) is 0 Å². The summed E-state index contributed by atoms with van der Waals surface area (Å²) in [5, 5.41) is 18.8. The van der Waals surface area contributed by atoms with Crippen LogP contribution in [0, 0.1) is 5.92 Å². The van der Waals surface area contributed by atoms with E-state index in [0.29, 0.717) is 24.1 Å². The van der Waals surface area contributed by atoms with Gasteiger partial charge in [0.2, 0.25) is 11.8 Å². The van der Waals surface area contributed by atoms with Crippen LogP contribution in [0.25, 0.3) is 0 Å². The average molecular weight is 339 g/mol. The van der Waals surface area contributed by atoms with Crippen molar-refractivity contribution in [3.63, 3.8) is 0 Å². The lowest BCUT2D eigenvalue weighted by Crippen LogP contribution is -2.48. The zero-order valence-corrected chi connectivity index (χ0v) is 13.2. The molecule has 124 valence electrons. The summed E-state index contributed by atoms with van der Waals surface area (Å²) < 4.78 is 1.17. The van der Waals surface area contributed by atoms with Gasteiger partial charge in [-0.25, -0.2) is 9.48 Å². The quantitative estimate of drug-likeness (QED) is 0.711. The number of hydrogen-bond acceptors (Lipinski definition) is 6. The zero-order chi connectivity index (χ0) is 16.4. The number of hydrogen-bond donors (Lipinski definition) is 2. The summed E-state index contributed by atoms with van der Waals surface area (Å²) in [6, 6.07) is -0.478. The minimum Gasteiger partial charge on any atom is -0.476 e. The maximum atomic E-state index is 12.4. The minimum absolute atomic E-state index is 0.125. The van der Waals surface area contributed by atoms with Gasteiger partial charge in [-0.15, -0.1) is 16.9 Å². The van der Waals surface area contributed by atoms with E-state index < -0.39 is 12.0 Å². The standard InChI is InChI=1S/C13H17N5O4S/c19-11(5-17-4-9(13(21)22)15-16-17)18-7-23-6-10(18)12(20)14-3-8-1-2-8/h4,8,10H,1-3,5-7H2,(H,14,20)(H,21,22). The van der Waals surface area contributed by atoms with Crippen LogP contribution in [0.4, 0.5) is 0 Å². The Morgan fingerprint density at radius 1 is 1.39 bits per heavy atom. The normalized spacial score (nSPS) is 20.5. The van der Waals surface area contributed by atoms with Crippen LogP contribution in [0.1, 0.15) is 23.3 Å². The smallest absolute Gasteiger partial charge is 0.358 e. The Labute approximate surface area is 136 Å². The van der Waals surface area contributed by atoms with E-state index in [2.05, 4.69) is 15.6 Å². The summed E-state index contributed by atoms with van der Waals surface area (Å²) in [7, 11) is 0. The van der Waals surface area contributed by atoms with Gasteiger partial charge in [0.05, 0.1) is 12.1 Å². The number of aromatic nitrogens is 3. The van der Waals surface area contributed by atoms with E-state index >= 15 is 0 Å². The van der Waals surface area contributed by atoms with E-state index in [1.807, 2.05) is 0 Å². The summed E-state index contributed by atoms with van der Waals surface area (Å²) >= 11 is 1.52. The van der Waals surface area contributed by atoms with Gasteiger partial charge in [0.15, 0.2) is 5.69 Å². The van der Waals surface area contributed by atoms with Crippen molar-refractivity contribution in [2.24, 2.45) is 5.92 Å². The largest absolute Gasteiger partial charge is 0.476 e. The number of rotatable bonds is 6. The van der Waals surface area contributed by atoms with Gasteiger partial charge in [0.1, 0.15) is 12.6 Å². The highest BCUT2D eigenvalue weighted by Crippen LogP contribution is 2.28. The second kappa shape index (κ2) is 6.57. The Morgan fingerprint density at radius 3 is 2.83 bits per heavy atom. The number of amides is 2. The van der Waals surface area contributed by atoms with Gasteiger partial charge in [-0.2, -0.15) is 0 Å². The van der Waals surface area contributed by atoms with Gasteiger partial charge in [0, 0.05) is 12.3 Å². The van der Waals surface area contributed by atoms with E-state index in [1.54, 1.807) is 0 Å². The molecule has 1 unspecified atom stereocenters. The molecule has 1 atom stereocenters. The van der Waals surface area contributed by atoms with E-state index in [9.17, 15) is 14.4 Å². The number of carbonyl (C=O) groups is 3. The third-order valence-corrected chi connectivity index (χ3v) is 4.83. The monoisotopic (exact) mass is 339 g/mol.